The highest BCUT2D eigenvalue weighted by atomic mass is 16.5. The summed E-state index contributed by atoms with van der Waals surface area (Å²) in [6.45, 7) is 2.41. The number of hydrogen-bond acceptors (Lipinski definition) is 3. The Morgan fingerprint density at radius 2 is 1.80 bits per heavy atom. The third-order valence-corrected chi connectivity index (χ3v) is 3.77. The summed E-state index contributed by atoms with van der Waals surface area (Å²) < 4.78 is 5.82. The maximum atomic E-state index is 11.4. The van der Waals surface area contributed by atoms with Gasteiger partial charge in [0, 0.05) is 11.8 Å². The number of hydrogen-bond donors (Lipinski definition) is 2. The average molecular weight is 333 g/mol. The fourth-order valence-corrected chi connectivity index (χ4v) is 2.51. The molecule has 4 nitrogen and oxygen atoms in total. The number of anilines is 2. The van der Waals surface area contributed by atoms with Crippen LogP contribution in [-0.4, -0.2) is 11.1 Å². The smallest absolute Gasteiger partial charge is 0.337 e. The molecule has 0 spiro atoms. The van der Waals surface area contributed by atoms with Gasteiger partial charge in [-0.1, -0.05) is 42.5 Å². The summed E-state index contributed by atoms with van der Waals surface area (Å²) in [6, 6.07) is 22.6. The SMILES string of the molecule is Cc1ccc(C(=O)O)c(Nc2cccc(OCc3ccccc3)c2)c1. The minimum absolute atomic E-state index is 0.237. The van der Waals surface area contributed by atoms with Crippen LogP contribution in [0.5, 0.6) is 5.75 Å². The van der Waals surface area contributed by atoms with Crippen molar-refractivity contribution in [1.82, 2.24) is 0 Å². The van der Waals surface area contributed by atoms with Gasteiger partial charge in [-0.05, 0) is 42.3 Å². The van der Waals surface area contributed by atoms with Crippen LogP contribution in [0, 0.1) is 6.92 Å². The summed E-state index contributed by atoms with van der Waals surface area (Å²) in [4.78, 5) is 11.4. The molecule has 3 rings (SSSR count). The molecule has 4 heteroatoms. The Balaban J connectivity index is 1.76. The highest BCUT2D eigenvalue weighted by molar-refractivity contribution is 5.95. The van der Waals surface area contributed by atoms with Crippen LogP contribution >= 0.6 is 0 Å². The van der Waals surface area contributed by atoms with Crippen LogP contribution in [0.1, 0.15) is 21.5 Å². The first-order chi connectivity index (χ1) is 12.1. The van der Waals surface area contributed by atoms with E-state index in [0.29, 0.717) is 12.3 Å². The first-order valence-electron chi connectivity index (χ1n) is 7.99. The van der Waals surface area contributed by atoms with Crippen LogP contribution in [0.2, 0.25) is 0 Å². The Morgan fingerprint density at radius 3 is 2.56 bits per heavy atom. The van der Waals surface area contributed by atoms with Crippen molar-refractivity contribution in [3.63, 3.8) is 0 Å². The zero-order chi connectivity index (χ0) is 17.6. The lowest BCUT2D eigenvalue weighted by Crippen LogP contribution is -2.03. The van der Waals surface area contributed by atoms with Crippen molar-refractivity contribution in [3.8, 4) is 5.75 Å². The summed E-state index contributed by atoms with van der Waals surface area (Å²) in [6.07, 6.45) is 0. The molecule has 2 N–H and O–H groups in total. The highest BCUT2D eigenvalue weighted by Gasteiger charge is 2.10. The van der Waals surface area contributed by atoms with Crippen LogP contribution in [-0.2, 0) is 6.61 Å². The number of rotatable bonds is 6. The second-order valence-corrected chi connectivity index (χ2v) is 5.78. The van der Waals surface area contributed by atoms with Crippen molar-refractivity contribution < 1.29 is 14.6 Å². The number of benzene rings is 3. The molecule has 0 saturated heterocycles. The Hall–Kier alpha value is -3.27. The van der Waals surface area contributed by atoms with Crippen LogP contribution in [0.15, 0.2) is 72.8 Å². The van der Waals surface area contributed by atoms with Gasteiger partial charge in [-0.2, -0.15) is 0 Å². The maximum Gasteiger partial charge on any atom is 0.337 e. The van der Waals surface area contributed by atoms with Crippen molar-refractivity contribution in [3.05, 3.63) is 89.5 Å². The van der Waals surface area contributed by atoms with Gasteiger partial charge >= 0.3 is 5.97 Å². The van der Waals surface area contributed by atoms with Crippen molar-refractivity contribution in [2.24, 2.45) is 0 Å². The lowest BCUT2D eigenvalue weighted by Gasteiger charge is -2.12. The Labute approximate surface area is 146 Å². The molecule has 0 aliphatic heterocycles. The molecule has 0 heterocycles. The molecule has 0 atom stereocenters. The van der Waals surface area contributed by atoms with Crippen molar-refractivity contribution in [2.75, 3.05) is 5.32 Å². The Bertz CT molecular complexity index is 875. The molecule has 0 saturated carbocycles. The molecule has 0 unspecified atom stereocenters. The topological polar surface area (TPSA) is 58.6 Å². The molecule has 0 radical (unpaired) electrons. The van der Waals surface area contributed by atoms with E-state index >= 15 is 0 Å². The number of aromatic carboxylic acids is 1. The highest BCUT2D eigenvalue weighted by Crippen LogP contribution is 2.25. The number of ether oxygens (including phenoxy) is 1. The molecule has 0 bridgehead atoms. The number of carboxylic acids is 1. The third kappa shape index (κ3) is 4.38. The maximum absolute atomic E-state index is 11.4. The second kappa shape index (κ2) is 7.53. The minimum atomic E-state index is -0.959. The van der Waals surface area contributed by atoms with Crippen molar-refractivity contribution >= 4 is 17.3 Å². The standard InChI is InChI=1S/C21H19NO3/c1-15-10-11-19(21(23)24)20(12-15)22-17-8-5-9-18(13-17)25-14-16-6-3-2-4-7-16/h2-13,22H,14H2,1H3,(H,23,24). The summed E-state index contributed by atoms with van der Waals surface area (Å²) in [7, 11) is 0. The van der Waals surface area contributed by atoms with Gasteiger partial charge in [0.25, 0.3) is 0 Å². The first-order valence-corrected chi connectivity index (χ1v) is 7.99. The van der Waals surface area contributed by atoms with Gasteiger partial charge in [0.05, 0.1) is 11.3 Å². The average Bonchev–Trinajstić information content (AvgIpc) is 2.61. The number of nitrogens with one attached hydrogen (secondary N) is 1. The van der Waals surface area contributed by atoms with Gasteiger partial charge in [0.1, 0.15) is 12.4 Å². The van der Waals surface area contributed by atoms with E-state index in [2.05, 4.69) is 5.32 Å². The zero-order valence-electron chi connectivity index (χ0n) is 13.9. The van der Waals surface area contributed by atoms with Crippen LogP contribution in [0.25, 0.3) is 0 Å². The van der Waals surface area contributed by atoms with Gasteiger partial charge in [-0.3, -0.25) is 0 Å². The Morgan fingerprint density at radius 1 is 1.00 bits per heavy atom. The van der Waals surface area contributed by atoms with Crippen LogP contribution < -0.4 is 10.1 Å². The summed E-state index contributed by atoms with van der Waals surface area (Å²) in [5, 5.41) is 12.5. The lowest BCUT2D eigenvalue weighted by molar-refractivity contribution is 0.0698. The summed E-state index contributed by atoms with van der Waals surface area (Å²) in [5.74, 6) is -0.239. The molecule has 3 aromatic rings. The van der Waals surface area contributed by atoms with E-state index in [-0.39, 0.29) is 5.56 Å². The molecule has 0 aliphatic carbocycles. The molecule has 0 amide bonds. The normalized spacial score (nSPS) is 10.3. The largest absolute Gasteiger partial charge is 0.489 e. The van der Waals surface area contributed by atoms with Crippen molar-refractivity contribution in [2.45, 2.75) is 13.5 Å². The van der Waals surface area contributed by atoms with E-state index in [1.54, 1.807) is 12.1 Å². The van der Waals surface area contributed by atoms with E-state index in [9.17, 15) is 9.90 Å². The predicted octanol–water partition coefficient (Wildman–Crippen LogP) is 5.02. The number of aryl methyl sites for hydroxylation is 1. The summed E-state index contributed by atoms with van der Waals surface area (Å²) >= 11 is 0. The van der Waals surface area contributed by atoms with E-state index < -0.39 is 5.97 Å². The zero-order valence-corrected chi connectivity index (χ0v) is 13.9. The molecule has 126 valence electrons. The summed E-state index contributed by atoms with van der Waals surface area (Å²) in [5.41, 5.74) is 3.66. The lowest BCUT2D eigenvalue weighted by atomic mass is 10.1. The molecule has 0 aliphatic rings. The third-order valence-electron chi connectivity index (χ3n) is 3.77. The van der Waals surface area contributed by atoms with Gasteiger partial charge in [-0.15, -0.1) is 0 Å². The van der Waals surface area contributed by atoms with Gasteiger partial charge in [0.15, 0.2) is 0 Å². The van der Waals surface area contributed by atoms with Crippen LogP contribution in [0.3, 0.4) is 0 Å². The molecule has 0 aromatic heterocycles. The monoisotopic (exact) mass is 333 g/mol. The predicted molar refractivity (Wildman–Crippen MR) is 98.6 cm³/mol. The molecule has 3 aromatic carbocycles. The fourth-order valence-electron chi connectivity index (χ4n) is 2.51. The van der Waals surface area contributed by atoms with E-state index in [4.69, 9.17) is 4.74 Å². The molecular weight excluding hydrogens is 314 g/mol. The van der Waals surface area contributed by atoms with E-state index in [0.717, 1.165) is 22.6 Å². The quantitative estimate of drug-likeness (QED) is 0.665. The number of carbonyl (C=O) groups is 1. The minimum Gasteiger partial charge on any atom is -0.489 e. The fraction of sp³-hybridized carbons (Fsp3) is 0.0952. The van der Waals surface area contributed by atoms with Crippen molar-refractivity contribution in [1.29, 1.82) is 0 Å². The molecule has 0 fully saturated rings. The number of carboxylic acid groups (broad SMARTS) is 1. The van der Waals surface area contributed by atoms with Gasteiger partial charge in [0.2, 0.25) is 0 Å². The Kier molecular flexibility index (Phi) is 5.00. The van der Waals surface area contributed by atoms with E-state index in [1.807, 2.05) is 67.6 Å². The first kappa shape index (κ1) is 16.6. The van der Waals surface area contributed by atoms with Gasteiger partial charge < -0.3 is 15.2 Å². The van der Waals surface area contributed by atoms with E-state index in [1.165, 1.54) is 0 Å². The van der Waals surface area contributed by atoms with Crippen LogP contribution in [0.4, 0.5) is 11.4 Å². The molecular formula is C21H19NO3. The molecule has 25 heavy (non-hydrogen) atoms. The second-order valence-electron chi connectivity index (χ2n) is 5.78. The van der Waals surface area contributed by atoms with Gasteiger partial charge in [-0.25, -0.2) is 4.79 Å².